The Kier molecular flexibility index (Phi) is 2.90. The molecule has 1 heterocycles. The van der Waals surface area contributed by atoms with Crippen LogP contribution in [-0.4, -0.2) is 32.0 Å². The number of para-hydroxylation sites is 1. The van der Waals surface area contributed by atoms with Crippen LogP contribution in [0.15, 0.2) is 30.3 Å². The third-order valence-electron chi connectivity index (χ3n) is 2.75. The lowest BCUT2D eigenvalue weighted by molar-refractivity contribution is -0.147. The molecule has 1 atom stereocenters. The number of rotatable bonds is 2. The summed E-state index contributed by atoms with van der Waals surface area (Å²) >= 11 is 0. The fraction of sp³-hybridized carbons (Fsp3) is 0.333. The van der Waals surface area contributed by atoms with E-state index in [1.807, 2.05) is 35.2 Å². The van der Waals surface area contributed by atoms with E-state index in [0.29, 0.717) is 6.54 Å². The summed E-state index contributed by atoms with van der Waals surface area (Å²) in [6, 6.07) is 9.58. The van der Waals surface area contributed by atoms with Crippen LogP contribution in [0.2, 0.25) is 0 Å². The van der Waals surface area contributed by atoms with E-state index >= 15 is 0 Å². The molecular weight excluding hydrogens is 206 g/mol. The van der Waals surface area contributed by atoms with E-state index in [9.17, 15) is 9.59 Å². The number of hydrogen-bond donors (Lipinski definition) is 0. The molecule has 0 aromatic heterocycles. The molecule has 84 valence electrons. The Bertz CT molecular complexity index is 402. The minimum Gasteiger partial charge on any atom is -0.468 e. The molecular formula is C12H13NO3. The van der Waals surface area contributed by atoms with Crippen LogP contribution in [0.4, 0.5) is 5.69 Å². The van der Waals surface area contributed by atoms with E-state index in [1.54, 1.807) is 0 Å². The zero-order chi connectivity index (χ0) is 11.5. The summed E-state index contributed by atoms with van der Waals surface area (Å²) in [5.41, 5.74) is 0.960. The van der Waals surface area contributed by atoms with E-state index in [-0.39, 0.29) is 12.3 Å². The lowest BCUT2D eigenvalue weighted by Gasteiger charge is -2.16. The second kappa shape index (κ2) is 4.35. The van der Waals surface area contributed by atoms with Crippen LogP contribution in [0.5, 0.6) is 0 Å². The predicted molar refractivity (Wildman–Crippen MR) is 59.2 cm³/mol. The first-order chi connectivity index (χ1) is 7.72. The first-order valence-electron chi connectivity index (χ1n) is 5.13. The maximum absolute atomic E-state index is 11.6. The van der Waals surface area contributed by atoms with E-state index in [4.69, 9.17) is 0 Å². The number of ketones is 1. The van der Waals surface area contributed by atoms with Gasteiger partial charge in [0.1, 0.15) is 5.92 Å². The number of anilines is 1. The lowest BCUT2D eigenvalue weighted by Crippen LogP contribution is -2.24. The van der Waals surface area contributed by atoms with Crippen molar-refractivity contribution in [2.45, 2.75) is 0 Å². The Morgan fingerprint density at radius 2 is 2.06 bits per heavy atom. The Balaban J connectivity index is 2.13. The molecule has 0 N–H and O–H groups in total. The van der Waals surface area contributed by atoms with Gasteiger partial charge in [-0.25, -0.2) is 0 Å². The average Bonchev–Trinajstić information content (AvgIpc) is 2.71. The van der Waals surface area contributed by atoms with E-state index in [0.717, 1.165) is 5.69 Å². The smallest absolute Gasteiger partial charge is 0.318 e. The third kappa shape index (κ3) is 1.91. The van der Waals surface area contributed by atoms with Crippen LogP contribution in [0, 0.1) is 5.92 Å². The molecule has 4 nitrogen and oxygen atoms in total. The van der Waals surface area contributed by atoms with Crippen molar-refractivity contribution in [3.63, 3.8) is 0 Å². The van der Waals surface area contributed by atoms with Gasteiger partial charge >= 0.3 is 5.97 Å². The molecule has 1 saturated heterocycles. The number of carbonyl (C=O) groups is 2. The van der Waals surface area contributed by atoms with Crippen molar-refractivity contribution < 1.29 is 14.3 Å². The van der Waals surface area contributed by atoms with Gasteiger partial charge in [0.15, 0.2) is 5.78 Å². The minimum absolute atomic E-state index is 0.0734. The average molecular weight is 219 g/mol. The molecule has 0 aliphatic carbocycles. The monoisotopic (exact) mass is 219 g/mol. The highest BCUT2D eigenvalue weighted by Gasteiger charge is 2.36. The fourth-order valence-corrected chi connectivity index (χ4v) is 1.87. The first kappa shape index (κ1) is 10.7. The second-order valence-electron chi connectivity index (χ2n) is 3.76. The van der Waals surface area contributed by atoms with Crippen LogP contribution in [0.1, 0.15) is 0 Å². The van der Waals surface area contributed by atoms with Gasteiger partial charge in [0.25, 0.3) is 0 Å². The number of nitrogens with zero attached hydrogens (tertiary/aromatic N) is 1. The molecule has 0 saturated carbocycles. The van der Waals surface area contributed by atoms with Crippen molar-refractivity contribution in [3.8, 4) is 0 Å². The Labute approximate surface area is 93.8 Å². The van der Waals surface area contributed by atoms with Gasteiger partial charge in [0.05, 0.1) is 13.7 Å². The summed E-state index contributed by atoms with van der Waals surface area (Å²) in [6.45, 7) is 0.694. The van der Waals surface area contributed by atoms with Crippen molar-refractivity contribution in [2.24, 2.45) is 5.92 Å². The zero-order valence-corrected chi connectivity index (χ0v) is 9.05. The summed E-state index contributed by atoms with van der Waals surface area (Å²) in [6.07, 6.45) is 0. The van der Waals surface area contributed by atoms with Gasteiger partial charge in [-0.2, -0.15) is 0 Å². The Hall–Kier alpha value is -1.84. The zero-order valence-electron chi connectivity index (χ0n) is 9.05. The van der Waals surface area contributed by atoms with Gasteiger partial charge in [-0.05, 0) is 12.1 Å². The van der Waals surface area contributed by atoms with Crippen LogP contribution in [-0.2, 0) is 14.3 Å². The number of hydrogen-bond acceptors (Lipinski definition) is 4. The Morgan fingerprint density at radius 3 is 2.69 bits per heavy atom. The molecule has 1 fully saturated rings. The molecule has 1 aliphatic rings. The first-order valence-corrected chi connectivity index (χ1v) is 5.13. The standard InChI is InChI=1S/C12H13NO3/c1-16-12(15)10-7-13(8-11(10)14)9-5-3-2-4-6-9/h2-6,10H,7-8H2,1H3. The molecule has 1 unspecified atom stereocenters. The van der Waals surface area contributed by atoms with Crippen molar-refractivity contribution in [2.75, 3.05) is 25.1 Å². The number of esters is 1. The molecule has 1 aromatic carbocycles. The largest absolute Gasteiger partial charge is 0.468 e. The molecule has 0 bridgehead atoms. The summed E-state index contributed by atoms with van der Waals surface area (Å²) in [5, 5.41) is 0. The summed E-state index contributed by atoms with van der Waals surface area (Å²) in [5.74, 6) is -1.15. The van der Waals surface area contributed by atoms with Crippen LogP contribution in [0.3, 0.4) is 0 Å². The van der Waals surface area contributed by atoms with Gasteiger partial charge in [-0.1, -0.05) is 18.2 Å². The van der Waals surface area contributed by atoms with Crippen LogP contribution >= 0.6 is 0 Å². The summed E-state index contributed by atoms with van der Waals surface area (Å²) in [4.78, 5) is 24.8. The molecule has 1 aliphatic heterocycles. The third-order valence-corrected chi connectivity index (χ3v) is 2.75. The maximum Gasteiger partial charge on any atom is 0.318 e. The normalized spacial score (nSPS) is 19.9. The van der Waals surface area contributed by atoms with Gasteiger partial charge in [-0.15, -0.1) is 0 Å². The molecule has 0 amide bonds. The molecule has 1 aromatic rings. The van der Waals surface area contributed by atoms with Crippen molar-refractivity contribution in [1.82, 2.24) is 0 Å². The van der Waals surface area contributed by atoms with E-state index in [1.165, 1.54) is 7.11 Å². The SMILES string of the molecule is COC(=O)C1CN(c2ccccc2)CC1=O. The van der Waals surface area contributed by atoms with E-state index in [2.05, 4.69) is 4.74 Å². The topological polar surface area (TPSA) is 46.6 Å². The number of ether oxygens (including phenoxy) is 1. The van der Waals surface area contributed by atoms with Gasteiger partial charge in [-0.3, -0.25) is 9.59 Å². The maximum atomic E-state index is 11.6. The Morgan fingerprint density at radius 1 is 1.38 bits per heavy atom. The highest BCUT2D eigenvalue weighted by atomic mass is 16.5. The highest BCUT2D eigenvalue weighted by Crippen LogP contribution is 2.21. The fourth-order valence-electron chi connectivity index (χ4n) is 1.87. The second-order valence-corrected chi connectivity index (χ2v) is 3.76. The van der Waals surface area contributed by atoms with Crippen LogP contribution in [0.25, 0.3) is 0 Å². The van der Waals surface area contributed by atoms with Gasteiger partial charge in [0.2, 0.25) is 0 Å². The van der Waals surface area contributed by atoms with E-state index < -0.39 is 11.9 Å². The number of Topliss-reactive ketones (excluding diaryl/α,β-unsaturated/α-hetero) is 1. The molecule has 0 radical (unpaired) electrons. The molecule has 4 heteroatoms. The highest BCUT2D eigenvalue weighted by molar-refractivity contribution is 6.04. The quantitative estimate of drug-likeness (QED) is 0.547. The number of benzene rings is 1. The minimum atomic E-state index is -0.634. The molecule has 16 heavy (non-hydrogen) atoms. The van der Waals surface area contributed by atoms with Gasteiger partial charge < -0.3 is 9.64 Å². The number of carbonyl (C=O) groups excluding carboxylic acids is 2. The summed E-state index contributed by atoms with van der Waals surface area (Å²) in [7, 11) is 1.31. The molecule has 2 rings (SSSR count). The predicted octanol–water partition coefficient (Wildman–Crippen LogP) is 0.865. The number of methoxy groups -OCH3 is 1. The van der Waals surface area contributed by atoms with Crippen molar-refractivity contribution >= 4 is 17.4 Å². The van der Waals surface area contributed by atoms with Crippen molar-refractivity contribution in [3.05, 3.63) is 30.3 Å². The van der Waals surface area contributed by atoms with Crippen molar-refractivity contribution in [1.29, 1.82) is 0 Å². The summed E-state index contributed by atoms with van der Waals surface area (Å²) < 4.78 is 4.60. The van der Waals surface area contributed by atoms with Gasteiger partial charge in [0, 0.05) is 12.2 Å². The van der Waals surface area contributed by atoms with Crippen LogP contribution < -0.4 is 4.90 Å². The molecule has 0 spiro atoms. The lowest BCUT2D eigenvalue weighted by atomic mass is 10.1.